The summed E-state index contributed by atoms with van der Waals surface area (Å²) in [6.45, 7) is 4.37. The molecule has 1 atom stereocenters. The molecule has 0 heterocycles. The van der Waals surface area contributed by atoms with Gasteiger partial charge in [-0.05, 0) is 24.6 Å². The molecule has 0 radical (unpaired) electrons. The Kier molecular flexibility index (Phi) is 4.77. The normalized spacial score (nSPS) is 12.9. The quantitative estimate of drug-likeness (QED) is 0.803. The van der Waals surface area contributed by atoms with Gasteiger partial charge in [0, 0.05) is 5.56 Å². The summed E-state index contributed by atoms with van der Waals surface area (Å²) in [6, 6.07) is 6.05. The smallest absolute Gasteiger partial charge is 0.123 e. The van der Waals surface area contributed by atoms with Gasteiger partial charge in [-0.2, -0.15) is 0 Å². The lowest BCUT2D eigenvalue weighted by Crippen LogP contribution is -2.20. The first-order chi connectivity index (χ1) is 7.63. The summed E-state index contributed by atoms with van der Waals surface area (Å²) in [5, 5.41) is 12.4. The van der Waals surface area contributed by atoms with Gasteiger partial charge in [-0.3, -0.25) is 0 Å². The van der Waals surface area contributed by atoms with Crippen molar-refractivity contribution in [2.24, 2.45) is 0 Å². The fourth-order valence-corrected chi connectivity index (χ4v) is 1.73. The van der Waals surface area contributed by atoms with Gasteiger partial charge in [0.2, 0.25) is 0 Å². The van der Waals surface area contributed by atoms with Crippen LogP contribution in [0.1, 0.15) is 36.9 Å². The zero-order valence-corrected chi connectivity index (χ0v) is 10.4. The van der Waals surface area contributed by atoms with E-state index in [-0.39, 0.29) is 12.6 Å². The van der Waals surface area contributed by atoms with Crippen molar-refractivity contribution in [3.05, 3.63) is 29.3 Å². The largest absolute Gasteiger partial charge is 0.496 e. The minimum absolute atomic E-state index is 0.0639. The number of aliphatic hydroxyl groups excluding tert-OH is 1. The molecule has 0 spiro atoms. The zero-order chi connectivity index (χ0) is 12.1. The van der Waals surface area contributed by atoms with Gasteiger partial charge in [-0.15, -0.1) is 0 Å². The van der Waals surface area contributed by atoms with Gasteiger partial charge in [-0.25, -0.2) is 0 Å². The van der Waals surface area contributed by atoms with Gasteiger partial charge in [0.1, 0.15) is 5.75 Å². The molecule has 1 aromatic carbocycles. The number of aliphatic hydroxyl groups is 1. The fourth-order valence-electron chi connectivity index (χ4n) is 1.73. The van der Waals surface area contributed by atoms with Gasteiger partial charge >= 0.3 is 0 Å². The molecule has 0 aliphatic heterocycles. The molecule has 0 amide bonds. The molecule has 0 bridgehead atoms. The first-order valence-corrected chi connectivity index (χ1v) is 5.60. The third-order valence-corrected chi connectivity index (χ3v) is 2.83. The molecule has 1 unspecified atom stereocenters. The molecule has 1 aromatic rings. The first-order valence-electron chi connectivity index (χ1n) is 5.60. The number of nitrogens with one attached hydrogen (secondary N) is 1. The number of methoxy groups -OCH3 is 1. The Morgan fingerprint density at radius 1 is 1.38 bits per heavy atom. The minimum Gasteiger partial charge on any atom is -0.496 e. The van der Waals surface area contributed by atoms with E-state index in [1.165, 1.54) is 5.56 Å². The molecule has 16 heavy (non-hydrogen) atoms. The Morgan fingerprint density at radius 3 is 2.50 bits per heavy atom. The molecule has 0 fully saturated rings. The Balaban J connectivity index is 3.15. The van der Waals surface area contributed by atoms with Crippen LogP contribution in [0.5, 0.6) is 5.75 Å². The number of ether oxygens (including phenoxy) is 1. The second-order valence-corrected chi connectivity index (χ2v) is 4.18. The molecular formula is C13H21NO2. The monoisotopic (exact) mass is 223 g/mol. The van der Waals surface area contributed by atoms with Crippen LogP contribution in [0.2, 0.25) is 0 Å². The second kappa shape index (κ2) is 5.87. The summed E-state index contributed by atoms with van der Waals surface area (Å²) in [7, 11) is 3.49. The van der Waals surface area contributed by atoms with Gasteiger partial charge in [-0.1, -0.05) is 26.0 Å². The maximum Gasteiger partial charge on any atom is 0.123 e. The standard InChI is InChI=1S/C13H21NO2/c1-9(2)10-5-6-13(16-4)11(7-10)12(8-15)14-3/h5-7,9,12,14-15H,8H2,1-4H3. The van der Waals surface area contributed by atoms with Crippen molar-refractivity contribution in [1.29, 1.82) is 0 Å². The molecule has 0 aromatic heterocycles. The SMILES string of the molecule is CNC(CO)c1cc(C(C)C)ccc1OC. The maximum atomic E-state index is 9.31. The van der Waals surface area contributed by atoms with E-state index in [1.807, 2.05) is 13.1 Å². The van der Waals surface area contributed by atoms with Crippen LogP contribution < -0.4 is 10.1 Å². The van der Waals surface area contributed by atoms with Crippen LogP contribution in [0.15, 0.2) is 18.2 Å². The van der Waals surface area contributed by atoms with E-state index in [2.05, 4.69) is 31.3 Å². The number of hydrogen-bond acceptors (Lipinski definition) is 3. The van der Waals surface area contributed by atoms with Crippen molar-refractivity contribution in [2.45, 2.75) is 25.8 Å². The Hall–Kier alpha value is -1.06. The van der Waals surface area contributed by atoms with Crippen molar-refractivity contribution in [3.8, 4) is 5.75 Å². The summed E-state index contributed by atoms with van der Waals surface area (Å²) in [6.07, 6.45) is 0. The summed E-state index contributed by atoms with van der Waals surface area (Å²) >= 11 is 0. The van der Waals surface area contributed by atoms with Gasteiger partial charge in [0.15, 0.2) is 0 Å². The number of likely N-dealkylation sites (N-methyl/N-ethyl adjacent to an activating group) is 1. The third-order valence-electron chi connectivity index (χ3n) is 2.83. The van der Waals surface area contributed by atoms with Crippen molar-refractivity contribution in [3.63, 3.8) is 0 Å². The van der Waals surface area contributed by atoms with E-state index >= 15 is 0 Å². The topological polar surface area (TPSA) is 41.5 Å². The molecular weight excluding hydrogens is 202 g/mol. The summed E-state index contributed by atoms with van der Waals surface area (Å²) in [5.74, 6) is 1.29. The molecule has 3 heteroatoms. The lowest BCUT2D eigenvalue weighted by Gasteiger charge is -2.19. The molecule has 0 saturated carbocycles. The van der Waals surface area contributed by atoms with Crippen LogP contribution in [-0.2, 0) is 0 Å². The van der Waals surface area contributed by atoms with Crippen LogP contribution in [0.25, 0.3) is 0 Å². The molecule has 90 valence electrons. The predicted octanol–water partition coefficient (Wildman–Crippen LogP) is 2.07. The second-order valence-electron chi connectivity index (χ2n) is 4.18. The molecule has 1 rings (SSSR count). The highest BCUT2D eigenvalue weighted by Gasteiger charge is 2.14. The van der Waals surface area contributed by atoms with Gasteiger partial charge in [0.05, 0.1) is 19.8 Å². The average Bonchev–Trinajstić information content (AvgIpc) is 2.30. The van der Waals surface area contributed by atoms with E-state index in [0.717, 1.165) is 11.3 Å². The third kappa shape index (κ3) is 2.74. The zero-order valence-electron chi connectivity index (χ0n) is 10.4. The molecule has 0 aliphatic carbocycles. The number of rotatable bonds is 5. The molecule has 2 N–H and O–H groups in total. The maximum absolute atomic E-state index is 9.31. The van der Waals surface area contributed by atoms with Crippen molar-refractivity contribution < 1.29 is 9.84 Å². The lowest BCUT2D eigenvalue weighted by atomic mass is 9.97. The van der Waals surface area contributed by atoms with E-state index in [4.69, 9.17) is 4.74 Å². The average molecular weight is 223 g/mol. The van der Waals surface area contributed by atoms with Crippen LogP contribution in [0.4, 0.5) is 0 Å². The van der Waals surface area contributed by atoms with Crippen LogP contribution in [-0.4, -0.2) is 25.9 Å². The van der Waals surface area contributed by atoms with Gasteiger partial charge < -0.3 is 15.2 Å². The highest BCUT2D eigenvalue weighted by molar-refractivity contribution is 5.40. The Morgan fingerprint density at radius 2 is 2.06 bits per heavy atom. The van der Waals surface area contributed by atoms with Crippen LogP contribution in [0, 0.1) is 0 Å². The van der Waals surface area contributed by atoms with Crippen molar-refractivity contribution in [1.82, 2.24) is 5.32 Å². The number of hydrogen-bond donors (Lipinski definition) is 2. The van der Waals surface area contributed by atoms with E-state index in [0.29, 0.717) is 5.92 Å². The highest BCUT2D eigenvalue weighted by Crippen LogP contribution is 2.28. The van der Waals surface area contributed by atoms with E-state index < -0.39 is 0 Å². The van der Waals surface area contributed by atoms with Crippen molar-refractivity contribution >= 4 is 0 Å². The molecule has 0 saturated heterocycles. The molecule has 0 aliphatic rings. The highest BCUT2D eigenvalue weighted by atomic mass is 16.5. The molecule has 3 nitrogen and oxygen atoms in total. The van der Waals surface area contributed by atoms with Crippen LogP contribution >= 0.6 is 0 Å². The summed E-state index contributed by atoms with van der Waals surface area (Å²) in [4.78, 5) is 0. The fraction of sp³-hybridized carbons (Fsp3) is 0.538. The summed E-state index contributed by atoms with van der Waals surface area (Å²) in [5.41, 5.74) is 2.27. The lowest BCUT2D eigenvalue weighted by molar-refractivity contribution is 0.247. The van der Waals surface area contributed by atoms with Crippen molar-refractivity contribution in [2.75, 3.05) is 20.8 Å². The van der Waals surface area contributed by atoms with E-state index in [9.17, 15) is 5.11 Å². The summed E-state index contributed by atoms with van der Waals surface area (Å²) < 4.78 is 5.31. The van der Waals surface area contributed by atoms with Gasteiger partial charge in [0.25, 0.3) is 0 Å². The first kappa shape index (κ1) is 13.0. The van der Waals surface area contributed by atoms with Crippen LogP contribution in [0.3, 0.4) is 0 Å². The Bertz CT molecular complexity index is 333. The number of benzene rings is 1. The van der Waals surface area contributed by atoms with E-state index in [1.54, 1.807) is 7.11 Å². The Labute approximate surface area is 97.4 Å². The minimum atomic E-state index is -0.0753. The predicted molar refractivity (Wildman–Crippen MR) is 66.0 cm³/mol.